The van der Waals surface area contributed by atoms with E-state index in [-0.39, 0.29) is 39.9 Å². The number of nitrogens with one attached hydrogen (secondary N) is 1. The molecule has 0 aliphatic carbocycles. The molecule has 0 aromatic heterocycles. The van der Waals surface area contributed by atoms with E-state index in [1.165, 1.54) is 16.4 Å². The lowest BCUT2D eigenvalue weighted by Gasteiger charge is -2.30. The first-order chi connectivity index (χ1) is 9.87. The van der Waals surface area contributed by atoms with Crippen LogP contribution in [0, 0.1) is 5.92 Å². The Labute approximate surface area is 134 Å². The maximum absolute atomic E-state index is 12.6. The number of carbonyl (C=O) groups is 1. The molecule has 8 heteroatoms. The van der Waals surface area contributed by atoms with Crippen LogP contribution in [0.3, 0.4) is 0 Å². The number of hydrogen-bond acceptors (Lipinski definition) is 3. The lowest BCUT2D eigenvalue weighted by Crippen LogP contribution is -2.42. The maximum atomic E-state index is 12.6. The highest BCUT2D eigenvalue weighted by atomic mass is 35.5. The SMILES string of the molecule is CNC(=O)C1CCN(S(=O)(=O)c2c(Cl)cccc2Cl)CC1. The molecule has 1 aromatic rings. The molecule has 0 spiro atoms. The standard InChI is InChI=1S/C13H16Cl2N2O3S/c1-16-13(18)9-5-7-17(8-6-9)21(19,20)12-10(14)3-2-4-11(12)15/h2-4,9H,5-8H2,1H3,(H,16,18). The second kappa shape index (κ2) is 6.52. The number of amides is 1. The molecule has 0 bridgehead atoms. The van der Waals surface area contributed by atoms with Crippen molar-refractivity contribution in [1.29, 1.82) is 0 Å². The zero-order valence-corrected chi connectivity index (χ0v) is 13.8. The van der Waals surface area contributed by atoms with Crippen LogP contribution in [-0.4, -0.2) is 38.8 Å². The smallest absolute Gasteiger partial charge is 0.246 e. The fraction of sp³-hybridized carbons (Fsp3) is 0.462. The second-order valence-electron chi connectivity index (χ2n) is 4.84. The van der Waals surface area contributed by atoms with Gasteiger partial charge in [0.15, 0.2) is 0 Å². The summed E-state index contributed by atoms with van der Waals surface area (Å²) < 4.78 is 26.6. The second-order valence-corrected chi connectivity index (χ2v) is 7.53. The molecule has 116 valence electrons. The van der Waals surface area contributed by atoms with Gasteiger partial charge in [0.05, 0.1) is 10.0 Å². The van der Waals surface area contributed by atoms with Crippen molar-refractivity contribution >= 4 is 39.1 Å². The average Bonchev–Trinajstić information content (AvgIpc) is 2.46. The number of hydrogen-bond donors (Lipinski definition) is 1. The van der Waals surface area contributed by atoms with Gasteiger partial charge < -0.3 is 5.32 Å². The average molecular weight is 351 g/mol. The van der Waals surface area contributed by atoms with Crippen LogP contribution < -0.4 is 5.32 Å². The molecule has 2 rings (SSSR count). The minimum Gasteiger partial charge on any atom is -0.359 e. The van der Waals surface area contributed by atoms with Gasteiger partial charge in [0.25, 0.3) is 0 Å². The van der Waals surface area contributed by atoms with Gasteiger partial charge in [-0.2, -0.15) is 4.31 Å². The normalized spacial score (nSPS) is 17.7. The Morgan fingerprint density at radius 1 is 1.24 bits per heavy atom. The van der Waals surface area contributed by atoms with Crippen LogP contribution in [0.5, 0.6) is 0 Å². The molecule has 0 unspecified atom stereocenters. The van der Waals surface area contributed by atoms with E-state index in [1.54, 1.807) is 13.1 Å². The first-order valence-electron chi connectivity index (χ1n) is 6.53. The summed E-state index contributed by atoms with van der Waals surface area (Å²) in [5, 5.41) is 2.80. The number of carbonyl (C=O) groups excluding carboxylic acids is 1. The van der Waals surface area contributed by atoms with Crippen LogP contribution >= 0.6 is 23.2 Å². The van der Waals surface area contributed by atoms with E-state index in [0.717, 1.165) is 0 Å². The fourth-order valence-corrected chi connectivity index (χ4v) is 4.98. The first-order valence-corrected chi connectivity index (χ1v) is 8.73. The zero-order chi connectivity index (χ0) is 15.6. The number of benzene rings is 1. The molecule has 0 radical (unpaired) electrons. The van der Waals surface area contributed by atoms with Crippen molar-refractivity contribution in [3.63, 3.8) is 0 Å². The molecule has 1 aromatic carbocycles. The van der Waals surface area contributed by atoms with Crippen LogP contribution in [0.1, 0.15) is 12.8 Å². The third-order valence-electron chi connectivity index (χ3n) is 3.59. The van der Waals surface area contributed by atoms with E-state index in [2.05, 4.69) is 5.32 Å². The van der Waals surface area contributed by atoms with Crippen molar-refractivity contribution in [2.45, 2.75) is 17.7 Å². The van der Waals surface area contributed by atoms with Gasteiger partial charge in [0, 0.05) is 26.1 Å². The number of halogens is 2. The summed E-state index contributed by atoms with van der Waals surface area (Å²) in [7, 11) is -2.16. The Kier molecular flexibility index (Phi) is 5.14. The van der Waals surface area contributed by atoms with Crippen molar-refractivity contribution in [2.75, 3.05) is 20.1 Å². The van der Waals surface area contributed by atoms with E-state index in [9.17, 15) is 13.2 Å². The Morgan fingerprint density at radius 2 is 1.76 bits per heavy atom. The van der Waals surface area contributed by atoms with Crippen LogP contribution in [-0.2, 0) is 14.8 Å². The summed E-state index contributed by atoms with van der Waals surface area (Å²) in [6, 6.07) is 4.59. The van der Waals surface area contributed by atoms with Gasteiger partial charge in [0.2, 0.25) is 15.9 Å². The molecule has 1 amide bonds. The molecule has 5 nitrogen and oxygen atoms in total. The molecule has 21 heavy (non-hydrogen) atoms. The number of piperidine rings is 1. The van der Waals surface area contributed by atoms with Gasteiger partial charge in [-0.05, 0) is 25.0 Å². The topological polar surface area (TPSA) is 66.5 Å². The molecule has 1 aliphatic rings. The van der Waals surface area contributed by atoms with Crippen molar-refractivity contribution in [2.24, 2.45) is 5.92 Å². The Morgan fingerprint density at radius 3 is 2.24 bits per heavy atom. The highest BCUT2D eigenvalue weighted by Crippen LogP contribution is 2.33. The molecule has 0 atom stereocenters. The quantitative estimate of drug-likeness (QED) is 0.907. The van der Waals surface area contributed by atoms with Gasteiger partial charge in [-0.25, -0.2) is 8.42 Å². The number of rotatable bonds is 3. The maximum Gasteiger partial charge on any atom is 0.246 e. The summed E-state index contributed by atoms with van der Waals surface area (Å²) in [5.41, 5.74) is 0. The highest BCUT2D eigenvalue weighted by Gasteiger charge is 2.34. The van der Waals surface area contributed by atoms with Gasteiger partial charge in [-0.15, -0.1) is 0 Å². The molecular weight excluding hydrogens is 335 g/mol. The highest BCUT2D eigenvalue weighted by molar-refractivity contribution is 7.89. The van der Waals surface area contributed by atoms with Crippen molar-refractivity contribution in [3.05, 3.63) is 28.2 Å². The summed E-state index contributed by atoms with van der Waals surface area (Å²) in [5.74, 6) is -0.203. The van der Waals surface area contributed by atoms with Crippen molar-refractivity contribution in [3.8, 4) is 0 Å². The van der Waals surface area contributed by atoms with E-state index in [1.807, 2.05) is 0 Å². The minimum atomic E-state index is -3.74. The number of nitrogens with zero attached hydrogens (tertiary/aromatic N) is 1. The Bertz CT molecular complexity index is 621. The Hall–Kier alpha value is -0.820. The predicted molar refractivity (Wildman–Crippen MR) is 82.0 cm³/mol. The first kappa shape index (κ1) is 16.5. The van der Waals surface area contributed by atoms with Gasteiger partial charge in [-0.3, -0.25) is 4.79 Å². The van der Waals surface area contributed by atoms with Crippen LogP contribution in [0.15, 0.2) is 23.1 Å². The van der Waals surface area contributed by atoms with Crippen molar-refractivity contribution in [1.82, 2.24) is 9.62 Å². The molecule has 1 aliphatic heterocycles. The molecule has 1 fully saturated rings. The van der Waals surface area contributed by atoms with E-state index < -0.39 is 10.0 Å². The van der Waals surface area contributed by atoms with Gasteiger partial charge in [0.1, 0.15) is 4.90 Å². The molecule has 1 N–H and O–H groups in total. The van der Waals surface area contributed by atoms with Gasteiger partial charge >= 0.3 is 0 Å². The number of sulfonamides is 1. The summed E-state index contributed by atoms with van der Waals surface area (Å²) in [4.78, 5) is 11.5. The fourth-order valence-electron chi connectivity index (χ4n) is 2.42. The van der Waals surface area contributed by atoms with Crippen LogP contribution in [0.25, 0.3) is 0 Å². The van der Waals surface area contributed by atoms with Crippen LogP contribution in [0.2, 0.25) is 10.0 Å². The lowest BCUT2D eigenvalue weighted by molar-refractivity contribution is -0.125. The summed E-state index contributed by atoms with van der Waals surface area (Å²) in [6.07, 6.45) is 0.974. The lowest BCUT2D eigenvalue weighted by atomic mass is 9.97. The Balaban J connectivity index is 2.21. The van der Waals surface area contributed by atoms with Crippen LogP contribution in [0.4, 0.5) is 0 Å². The summed E-state index contributed by atoms with van der Waals surface area (Å²) >= 11 is 12.0. The molecule has 1 saturated heterocycles. The largest absolute Gasteiger partial charge is 0.359 e. The summed E-state index contributed by atoms with van der Waals surface area (Å²) in [6.45, 7) is 0.559. The minimum absolute atomic E-state index is 0.0529. The van der Waals surface area contributed by atoms with Gasteiger partial charge in [-0.1, -0.05) is 29.3 Å². The molecular formula is C13H16Cl2N2O3S. The van der Waals surface area contributed by atoms with E-state index >= 15 is 0 Å². The molecule has 1 heterocycles. The zero-order valence-electron chi connectivity index (χ0n) is 11.5. The van der Waals surface area contributed by atoms with E-state index in [4.69, 9.17) is 23.2 Å². The predicted octanol–water partition coefficient (Wildman–Crippen LogP) is 2.14. The third-order valence-corrected chi connectivity index (χ3v) is 6.44. The third kappa shape index (κ3) is 3.34. The monoisotopic (exact) mass is 350 g/mol. The van der Waals surface area contributed by atoms with Crippen molar-refractivity contribution < 1.29 is 13.2 Å². The van der Waals surface area contributed by atoms with E-state index in [0.29, 0.717) is 12.8 Å². The molecule has 0 saturated carbocycles.